The Morgan fingerprint density at radius 2 is 1.23 bits per heavy atom. The highest BCUT2D eigenvalue weighted by molar-refractivity contribution is 5.77. The number of carbonyl (C=O) groups is 1. The van der Waals surface area contributed by atoms with E-state index in [2.05, 4.69) is 52.8 Å². The Kier molecular flexibility index (Phi) is 11.2. The lowest BCUT2D eigenvalue weighted by Crippen LogP contribution is -2.11. The summed E-state index contributed by atoms with van der Waals surface area (Å²) in [6.45, 7) is 14.8. The number of hydrogen-bond donors (Lipinski definition) is 0. The molecule has 0 amide bonds. The van der Waals surface area contributed by atoms with E-state index < -0.39 is 9.85 Å². The van der Waals surface area contributed by atoms with Gasteiger partial charge in [-0.1, -0.05) is 63.9 Å². The fourth-order valence-electron chi connectivity index (χ4n) is 2.38. The molecule has 7 nitrogen and oxygen atoms in total. The molecule has 2 aromatic carbocycles. The summed E-state index contributed by atoms with van der Waals surface area (Å²) in [6.07, 6.45) is 1.38. The molecule has 0 radical (unpaired) electrons. The normalized spacial score (nSPS) is 10.1. The molecule has 0 atom stereocenters. The maximum Gasteiger partial charge on any atom is 0.276 e. The molecule has 0 N–H and O–H groups in total. The SMILES string of the molecule is CCC(=O)CC.Cc1cc(C)cc(C(C)(C)C)c1.O=[N+]([O-])c1cccc([N+](=O)[O-])c1. The number of carbonyl (C=O) groups excluding carboxylic acids is 1. The van der Waals surface area contributed by atoms with E-state index in [0.29, 0.717) is 18.6 Å². The van der Waals surface area contributed by atoms with E-state index in [0.717, 1.165) is 6.07 Å². The van der Waals surface area contributed by atoms with Gasteiger partial charge in [-0.05, 0) is 30.9 Å². The third-order valence-corrected chi connectivity index (χ3v) is 4.13. The van der Waals surface area contributed by atoms with Crippen molar-refractivity contribution in [2.75, 3.05) is 0 Å². The van der Waals surface area contributed by atoms with Crippen LogP contribution < -0.4 is 0 Å². The average Bonchev–Trinajstić information content (AvgIpc) is 2.67. The number of rotatable bonds is 4. The molecule has 0 aliphatic heterocycles. The number of aryl methyl sites for hydroxylation is 2. The van der Waals surface area contributed by atoms with Crippen LogP contribution in [0.2, 0.25) is 0 Å². The van der Waals surface area contributed by atoms with Gasteiger partial charge in [-0.2, -0.15) is 0 Å². The van der Waals surface area contributed by atoms with E-state index in [1.165, 1.54) is 34.9 Å². The highest BCUT2D eigenvalue weighted by atomic mass is 16.6. The number of benzene rings is 2. The van der Waals surface area contributed by atoms with Crippen molar-refractivity contribution in [2.24, 2.45) is 0 Å². The van der Waals surface area contributed by atoms with E-state index >= 15 is 0 Å². The Balaban J connectivity index is 0.000000447. The van der Waals surface area contributed by atoms with Gasteiger partial charge in [0.15, 0.2) is 0 Å². The van der Waals surface area contributed by atoms with Crippen molar-refractivity contribution < 1.29 is 14.6 Å². The number of nitro groups is 2. The first kappa shape index (κ1) is 26.9. The van der Waals surface area contributed by atoms with E-state index in [4.69, 9.17) is 0 Å². The van der Waals surface area contributed by atoms with E-state index in [-0.39, 0.29) is 16.8 Å². The number of nitro benzene ring substituents is 2. The summed E-state index contributed by atoms with van der Waals surface area (Å²) in [6, 6.07) is 11.4. The molecule has 0 fully saturated rings. The van der Waals surface area contributed by atoms with E-state index in [9.17, 15) is 25.0 Å². The Hall–Kier alpha value is -3.09. The quantitative estimate of drug-likeness (QED) is 0.419. The number of nitrogens with zero attached hydrogens (tertiary/aromatic N) is 2. The molecule has 7 heteroatoms. The van der Waals surface area contributed by atoms with Crippen LogP contribution in [0.3, 0.4) is 0 Å². The summed E-state index contributed by atoms with van der Waals surface area (Å²) in [7, 11) is 0. The highest BCUT2D eigenvalue weighted by Gasteiger charge is 2.13. The Labute approximate surface area is 178 Å². The third kappa shape index (κ3) is 10.5. The van der Waals surface area contributed by atoms with Gasteiger partial charge >= 0.3 is 0 Å². The van der Waals surface area contributed by atoms with E-state index in [1.54, 1.807) is 0 Å². The van der Waals surface area contributed by atoms with Crippen LogP contribution in [-0.4, -0.2) is 15.6 Å². The van der Waals surface area contributed by atoms with Crippen LogP contribution in [-0.2, 0) is 10.2 Å². The number of non-ortho nitro benzene ring substituents is 2. The summed E-state index contributed by atoms with van der Waals surface area (Å²) in [4.78, 5) is 29.2. The van der Waals surface area contributed by atoms with Gasteiger partial charge in [0.2, 0.25) is 0 Å². The first-order chi connectivity index (χ1) is 13.8. The fourth-order valence-corrected chi connectivity index (χ4v) is 2.38. The molecule has 0 aromatic heterocycles. The topological polar surface area (TPSA) is 103 Å². The zero-order valence-corrected chi connectivity index (χ0v) is 18.9. The van der Waals surface area contributed by atoms with Crippen LogP contribution >= 0.6 is 0 Å². The number of ketones is 1. The Morgan fingerprint density at radius 3 is 1.50 bits per heavy atom. The van der Waals surface area contributed by atoms with Gasteiger partial charge in [0.25, 0.3) is 11.4 Å². The number of Topliss-reactive ketones (excluding diaryl/α,β-unsaturated/α-hetero) is 1. The lowest BCUT2D eigenvalue weighted by molar-refractivity contribution is -0.394. The van der Waals surface area contributed by atoms with Gasteiger partial charge in [0, 0.05) is 25.0 Å². The highest BCUT2D eigenvalue weighted by Crippen LogP contribution is 2.24. The minimum Gasteiger partial charge on any atom is -0.300 e. The van der Waals surface area contributed by atoms with Crippen molar-refractivity contribution in [3.05, 3.63) is 79.4 Å². The molecule has 0 aliphatic rings. The molecular weight excluding hydrogens is 384 g/mol. The predicted molar refractivity (Wildman–Crippen MR) is 120 cm³/mol. The molecule has 30 heavy (non-hydrogen) atoms. The zero-order chi connectivity index (χ0) is 23.5. The summed E-state index contributed by atoms with van der Waals surface area (Å²) < 4.78 is 0. The molecule has 0 aliphatic carbocycles. The lowest BCUT2D eigenvalue weighted by Gasteiger charge is -2.20. The zero-order valence-electron chi connectivity index (χ0n) is 18.9. The molecule has 0 saturated heterocycles. The number of hydrogen-bond acceptors (Lipinski definition) is 5. The van der Waals surface area contributed by atoms with Crippen molar-refractivity contribution in [3.63, 3.8) is 0 Å². The molecule has 2 aromatic rings. The smallest absolute Gasteiger partial charge is 0.276 e. The van der Waals surface area contributed by atoms with Crippen LogP contribution in [0, 0.1) is 34.1 Å². The first-order valence-corrected chi connectivity index (χ1v) is 9.81. The van der Waals surface area contributed by atoms with Gasteiger partial charge in [-0.25, -0.2) is 0 Å². The first-order valence-electron chi connectivity index (χ1n) is 9.81. The minimum atomic E-state index is -0.674. The van der Waals surface area contributed by atoms with Crippen LogP contribution in [0.4, 0.5) is 11.4 Å². The average molecular weight is 417 g/mol. The molecule has 0 spiro atoms. The maximum absolute atomic E-state index is 10.2. The second-order valence-electron chi connectivity index (χ2n) is 7.91. The summed E-state index contributed by atoms with van der Waals surface area (Å²) in [5.41, 5.74) is 3.88. The van der Waals surface area contributed by atoms with Gasteiger partial charge < -0.3 is 0 Å². The van der Waals surface area contributed by atoms with Crippen molar-refractivity contribution in [1.29, 1.82) is 0 Å². The lowest BCUT2D eigenvalue weighted by atomic mass is 9.85. The maximum atomic E-state index is 10.2. The van der Waals surface area contributed by atoms with Gasteiger partial charge in [0.1, 0.15) is 5.78 Å². The predicted octanol–water partition coefficient (Wildman–Crippen LogP) is 6.48. The van der Waals surface area contributed by atoms with Gasteiger partial charge in [0.05, 0.1) is 15.9 Å². The van der Waals surface area contributed by atoms with E-state index in [1.807, 2.05) is 13.8 Å². The van der Waals surface area contributed by atoms with Crippen LogP contribution in [0.1, 0.15) is 64.2 Å². The standard InChI is InChI=1S/C12H18.C6H4N2O4.C5H10O/c1-9-6-10(2)8-11(7-9)12(3,4)5;9-7(10)5-2-1-3-6(4-5)8(11)12;1-3-5(6)4-2/h6-8H,1-5H3;1-4H;3-4H2,1-2H3. The van der Waals surface area contributed by atoms with Gasteiger partial charge in [-0.3, -0.25) is 25.0 Å². The van der Waals surface area contributed by atoms with Gasteiger partial charge in [-0.15, -0.1) is 0 Å². The Morgan fingerprint density at radius 1 is 0.833 bits per heavy atom. The third-order valence-electron chi connectivity index (χ3n) is 4.13. The van der Waals surface area contributed by atoms with Crippen molar-refractivity contribution in [1.82, 2.24) is 0 Å². The van der Waals surface area contributed by atoms with Crippen molar-refractivity contribution in [2.45, 2.75) is 66.7 Å². The molecule has 164 valence electrons. The van der Waals surface area contributed by atoms with Crippen LogP contribution in [0.15, 0.2) is 42.5 Å². The molecule has 2 rings (SSSR count). The second kappa shape index (κ2) is 12.5. The van der Waals surface area contributed by atoms with Crippen molar-refractivity contribution >= 4 is 17.2 Å². The van der Waals surface area contributed by atoms with Crippen LogP contribution in [0.25, 0.3) is 0 Å². The van der Waals surface area contributed by atoms with Crippen LogP contribution in [0.5, 0.6) is 0 Å². The molecular formula is C23H32N2O5. The summed E-state index contributed by atoms with van der Waals surface area (Å²) in [5.74, 6) is 0.343. The summed E-state index contributed by atoms with van der Waals surface area (Å²) in [5, 5.41) is 20.3. The summed E-state index contributed by atoms with van der Waals surface area (Å²) >= 11 is 0. The Bertz CT molecular complexity index is 815. The largest absolute Gasteiger partial charge is 0.300 e. The molecule has 0 heterocycles. The van der Waals surface area contributed by atoms with Crippen molar-refractivity contribution in [3.8, 4) is 0 Å². The molecule has 0 saturated carbocycles. The minimum absolute atomic E-state index is 0.274. The molecule has 0 bridgehead atoms. The fraction of sp³-hybridized carbons (Fsp3) is 0.435. The molecule has 0 unspecified atom stereocenters. The second-order valence-corrected chi connectivity index (χ2v) is 7.91. The monoisotopic (exact) mass is 416 g/mol.